The molecule has 0 aromatic heterocycles. The summed E-state index contributed by atoms with van der Waals surface area (Å²) in [6, 6.07) is 10.9. The quantitative estimate of drug-likeness (QED) is 0.888. The predicted molar refractivity (Wildman–Crippen MR) is 77.5 cm³/mol. The molecule has 0 spiro atoms. The second-order valence-electron chi connectivity index (χ2n) is 5.67. The number of aliphatic hydroxyl groups is 1. The van der Waals surface area contributed by atoms with Gasteiger partial charge < -0.3 is 5.11 Å². The lowest BCUT2D eigenvalue weighted by atomic mass is 10.2. The van der Waals surface area contributed by atoms with Gasteiger partial charge in [-0.15, -0.1) is 0 Å². The molecule has 18 heavy (non-hydrogen) atoms. The first-order valence-corrected chi connectivity index (χ1v) is 7.02. The molecule has 0 aliphatic carbocycles. The highest BCUT2D eigenvalue weighted by Crippen LogP contribution is 2.19. The van der Waals surface area contributed by atoms with Gasteiger partial charge in [-0.05, 0) is 30.9 Å². The molecule has 2 heteroatoms. The van der Waals surface area contributed by atoms with E-state index in [1.807, 2.05) is 6.07 Å². The first-order valence-electron chi connectivity index (χ1n) is 7.02. The molecule has 0 bridgehead atoms. The minimum absolute atomic E-state index is 0.298. The molecule has 102 valence electrons. The van der Waals surface area contributed by atoms with Crippen LogP contribution in [0.5, 0.6) is 0 Å². The van der Waals surface area contributed by atoms with E-state index < -0.39 is 0 Å². The molecule has 1 aliphatic rings. The molecule has 1 heterocycles. The minimum Gasteiger partial charge on any atom is -0.395 e. The molecule has 2 rings (SSSR count). The van der Waals surface area contributed by atoms with Crippen molar-refractivity contribution in [3.8, 4) is 0 Å². The molecule has 1 atom stereocenters. The van der Waals surface area contributed by atoms with Gasteiger partial charge in [0.1, 0.15) is 0 Å². The first kappa shape index (κ1) is 15.2. The van der Waals surface area contributed by atoms with E-state index in [-0.39, 0.29) is 0 Å². The number of rotatable bonds is 3. The summed E-state index contributed by atoms with van der Waals surface area (Å²) in [7, 11) is 0. The summed E-state index contributed by atoms with van der Waals surface area (Å²) in [6.45, 7) is 8.90. The molecule has 1 saturated heterocycles. The Hall–Kier alpha value is -0.860. The van der Waals surface area contributed by atoms with Crippen molar-refractivity contribution < 1.29 is 5.11 Å². The Morgan fingerprint density at radius 3 is 2.39 bits per heavy atom. The van der Waals surface area contributed by atoms with Crippen molar-refractivity contribution in [2.75, 3.05) is 13.2 Å². The zero-order chi connectivity index (χ0) is 13.4. The standard InChI is InChI=1S/C12H17NO.C4H10/c14-10-12-7-4-8-13(12)9-11-5-2-1-3-6-11;1-4(2)3/h1-3,5-6,12,14H,4,7-10H2;4H,1-3H3. The Morgan fingerprint density at radius 1 is 1.22 bits per heavy atom. The van der Waals surface area contributed by atoms with Crippen molar-refractivity contribution in [2.45, 2.75) is 46.2 Å². The number of hydrogen-bond donors (Lipinski definition) is 1. The second kappa shape index (κ2) is 8.28. The molecule has 1 aromatic carbocycles. The minimum atomic E-state index is 0.298. The molecule has 2 nitrogen and oxygen atoms in total. The van der Waals surface area contributed by atoms with Gasteiger partial charge in [0.2, 0.25) is 0 Å². The van der Waals surface area contributed by atoms with Crippen LogP contribution in [0.25, 0.3) is 0 Å². The molecule has 1 aromatic rings. The monoisotopic (exact) mass is 249 g/mol. The van der Waals surface area contributed by atoms with Gasteiger partial charge in [0.25, 0.3) is 0 Å². The van der Waals surface area contributed by atoms with Crippen LogP contribution in [0.3, 0.4) is 0 Å². The van der Waals surface area contributed by atoms with Crippen LogP contribution in [-0.2, 0) is 6.54 Å². The van der Waals surface area contributed by atoms with Crippen LogP contribution >= 0.6 is 0 Å². The van der Waals surface area contributed by atoms with Gasteiger partial charge in [0.15, 0.2) is 0 Å². The summed E-state index contributed by atoms with van der Waals surface area (Å²) in [5.74, 6) is 0.833. The molecule has 1 fully saturated rings. The predicted octanol–water partition coefficient (Wildman–Crippen LogP) is 3.31. The fourth-order valence-electron chi connectivity index (χ4n) is 2.13. The Balaban J connectivity index is 0.000000357. The Kier molecular flexibility index (Phi) is 6.99. The first-order chi connectivity index (χ1) is 8.63. The fourth-order valence-corrected chi connectivity index (χ4v) is 2.13. The summed E-state index contributed by atoms with van der Waals surface area (Å²) >= 11 is 0. The van der Waals surface area contributed by atoms with Gasteiger partial charge in [-0.3, -0.25) is 4.90 Å². The van der Waals surface area contributed by atoms with E-state index in [1.165, 1.54) is 12.0 Å². The van der Waals surface area contributed by atoms with Gasteiger partial charge in [-0.2, -0.15) is 0 Å². The Labute approximate surface area is 112 Å². The van der Waals surface area contributed by atoms with Crippen molar-refractivity contribution in [3.63, 3.8) is 0 Å². The molecule has 0 amide bonds. The van der Waals surface area contributed by atoms with Crippen LogP contribution in [0, 0.1) is 5.92 Å². The van der Waals surface area contributed by atoms with E-state index >= 15 is 0 Å². The molecule has 1 N–H and O–H groups in total. The topological polar surface area (TPSA) is 23.5 Å². The number of nitrogens with zero attached hydrogens (tertiary/aromatic N) is 1. The normalized spacial score (nSPS) is 19.7. The maximum Gasteiger partial charge on any atom is 0.0587 e. The second-order valence-corrected chi connectivity index (χ2v) is 5.67. The average molecular weight is 249 g/mol. The summed E-state index contributed by atoms with van der Waals surface area (Å²) < 4.78 is 0. The summed E-state index contributed by atoms with van der Waals surface area (Å²) in [6.07, 6.45) is 2.36. The van der Waals surface area contributed by atoms with Gasteiger partial charge in [0.05, 0.1) is 6.61 Å². The van der Waals surface area contributed by atoms with Gasteiger partial charge in [-0.25, -0.2) is 0 Å². The van der Waals surface area contributed by atoms with Crippen molar-refractivity contribution in [1.29, 1.82) is 0 Å². The van der Waals surface area contributed by atoms with Crippen LogP contribution in [0.1, 0.15) is 39.2 Å². The number of benzene rings is 1. The van der Waals surface area contributed by atoms with Crippen molar-refractivity contribution in [2.24, 2.45) is 5.92 Å². The third-order valence-electron chi connectivity index (χ3n) is 2.94. The molecular weight excluding hydrogens is 222 g/mol. The Bertz CT molecular complexity index is 307. The third kappa shape index (κ3) is 5.65. The van der Waals surface area contributed by atoms with Crippen molar-refractivity contribution >= 4 is 0 Å². The van der Waals surface area contributed by atoms with Gasteiger partial charge >= 0.3 is 0 Å². The zero-order valence-electron chi connectivity index (χ0n) is 12.0. The largest absolute Gasteiger partial charge is 0.395 e. The van der Waals surface area contributed by atoms with E-state index in [9.17, 15) is 5.11 Å². The van der Waals surface area contributed by atoms with E-state index in [0.29, 0.717) is 12.6 Å². The molecular formula is C16H27NO. The Morgan fingerprint density at radius 2 is 1.83 bits per heavy atom. The lowest BCUT2D eigenvalue weighted by Gasteiger charge is -2.22. The van der Waals surface area contributed by atoms with E-state index in [0.717, 1.165) is 25.4 Å². The summed E-state index contributed by atoms with van der Waals surface area (Å²) in [5.41, 5.74) is 1.34. The highest BCUT2D eigenvalue weighted by molar-refractivity contribution is 5.14. The summed E-state index contributed by atoms with van der Waals surface area (Å²) in [5, 5.41) is 9.17. The average Bonchev–Trinajstić information content (AvgIpc) is 2.77. The maximum atomic E-state index is 9.17. The smallest absolute Gasteiger partial charge is 0.0587 e. The molecule has 0 saturated carbocycles. The lowest BCUT2D eigenvalue weighted by Crippen LogP contribution is -2.31. The van der Waals surface area contributed by atoms with Crippen LogP contribution < -0.4 is 0 Å². The number of likely N-dealkylation sites (tertiary alicyclic amines) is 1. The van der Waals surface area contributed by atoms with Crippen molar-refractivity contribution in [3.05, 3.63) is 35.9 Å². The maximum absolute atomic E-state index is 9.17. The highest BCUT2D eigenvalue weighted by Gasteiger charge is 2.23. The molecule has 0 radical (unpaired) electrons. The number of hydrogen-bond acceptors (Lipinski definition) is 2. The van der Waals surface area contributed by atoms with E-state index in [4.69, 9.17) is 0 Å². The number of aliphatic hydroxyl groups excluding tert-OH is 1. The third-order valence-corrected chi connectivity index (χ3v) is 2.94. The zero-order valence-corrected chi connectivity index (χ0v) is 12.0. The SMILES string of the molecule is CC(C)C.OCC1CCCN1Cc1ccccc1. The van der Waals surface area contributed by atoms with Crippen LogP contribution in [-0.4, -0.2) is 29.2 Å². The van der Waals surface area contributed by atoms with E-state index in [1.54, 1.807) is 0 Å². The summed E-state index contributed by atoms with van der Waals surface area (Å²) in [4.78, 5) is 2.37. The van der Waals surface area contributed by atoms with E-state index in [2.05, 4.69) is 49.9 Å². The molecule has 1 unspecified atom stereocenters. The van der Waals surface area contributed by atoms with Crippen LogP contribution in [0.15, 0.2) is 30.3 Å². The van der Waals surface area contributed by atoms with Gasteiger partial charge in [-0.1, -0.05) is 51.1 Å². The molecule has 1 aliphatic heterocycles. The lowest BCUT2D eigenvalue weighted by molar-refractivity contribution is 0.153. The van der Waals surface area contributed by atoms with Gasteiger partial charge in [0, 0.05) is 12.6 Å². The highest BCUT2D eigenvalue weighted by atomic mass is 16.3. The van der Waals surface area contributed by atoms with Crippen LogP contribution in [0.4, 0.5) is 0 Å². The van der Waals surface area contributed by atoms with Crippen molar-refractivity contribution in [1.82, 2.24) is 4.90 Å². The fraction of sp³-hybridized carbons (Fsp3) is 0.625. The van der Waals surface area contributed by atoms with Crippen LogP contribution in [0.2, 0.25) is 0 Å².